The van der Waals surface area contributed by atoms with Gasteiger partial charge in [0.2, 0.25) is 0 Å². The van der Waals surface area contributed by atoms with E-state index in [4.69, 9.17) is 0 Å². The number of hydrogen-bond donors (Lipinski definition) is 3. The van der Waals surface area contributed by atoms with Gasteiger partial charge in [-0.3, -0.25) is 9.89 Å². The van der Waals surface area contributed by atoms with Gasteiger partial charge in [-0.05, 0) is 32.4 Å². The van der Waals surface area contributed by atoms with E-state index in [1.807, 2.05) is 13.0 Å². The third kappa shape index (κ3) is 2.41. The number of aromatic amines is 1. The van der Waals surface area contributed by atoms with Gasteiger partial charge in [0.25, 0.3) is 5.91 Å². The van der Waals surface area contributed by atoms with Gasteiger partial charge in [0, 0.05) is 24.7 Å². The molecule has 0 radical (unpaired) electrons. The summed E-state index contributed by atoms with van der Waals surface area (Å²) in [6.07, 6.45) is 2.34. The standard InChI is InChI=1S/C11H18N4O/c1-2-13-11(16)10-6-9(14-15-10)8-4-3-5-12-7-8/h6,8,12H,2-5,7H2,1H3,(H,13,16)(H,14,15)/t8-/m1/s1. The topological polar surface area (TPSA) is 69.8 Å². The van der Waals surface area contributed by atoms with Gasteiger partial charge in [-0.15, -0.1) is 0 Å². The Kier molecular flexibility index (Phi) is 3.56. The van der Waals surface area contributed by atoms with Crippen molar-refractivity contribution >= 4 is 5.91 Å². The number of nitrogens with one attached hydrogen (secondary N) is 3. The fourth-order valence-electron chi connectivity index (χ4n) is 2.03. The lowest BCUT2D eigenvalue weighted by atomic mass is 9.96. The molecule has 1 fully saturated rings. The molecule has 5 nitrogen and oxygen atoms in total. The van der Waals surface area contributed by atoms with Crippen LogP contribution in [0.15, 0.2) is 6.07 Å². The molecule has 1 aliphatic rings. The fraction of sp³-hybridized carbons (Fsp3) is 0.636. The summed E-state index contributed by atoms with van der Waals surface area (Å²) < 4.78 is 0. The molecule has 0 aliphatic carbocycles. The van der Waals surface area contributed by atoms with Crippen molar-refractivity contribution in [3.05, 3.63) is 17.5 Å². The zero-order valence-corrected chi connectivity index (χ0v) is 9.55. The number of hydrogen-bond acceptors (Lipinski definition) is 3. The maximum atomic E-state index is 11.5. The lowest BCUT2D eigenvalue weighted by molar-refractivity contribution is 0.0951. The fourth-order valence-corrected chi connectivity index (χ4v) is 2.03. The summed E-state index contributed by atoms with van der Waals surface area (Å²) in [6.45, 7) is 4.59. The van der Waals surface area contributed by atoms with E-state index in [1.54, 1.807) is 0 Å². The lowest BCUT2D eigenvalue weighted by Gasteiger charge is -2.21. The average molecular weight is 222 g/mol. The Morgan fingerprint density at radius 3 is 3.25 bits per heavy atom. The molecule has 1 aromatic heterocycles. The maximum absolute atomic E-state index is 11.5. The van der Waals surface area contributed by atoms with E-state index >= 15 is 0 Å². The minimum Gasteiger partial charge on any atom is -0.351 e. The molecule has 0 saturated carbocycles. The first kappa shape index (κ1) is 11.1. The normalized spacial score (nSPS) is 20.7. The Bertz CT molecular complexity index is 355. The highest BCUT2D eigenvalue weighted by Crippen LogP contribution is 2.21. The van der Waals surface area contributed by atoms with Crippen LogP contribution in [0.4, 0.5) is 0 Å². The summed E-state index contributed by atoms with van der Waals surface area (Å²) in [6, 6.07) is 1.86. The van der Waals surface area contributed by atoms with Gasteiger partial charge in [-0.1, -0.05) is 0 Å². The molecule has 16 heavy (non-hydrogen) atoms. The second kappa shape index (κ2) is 5.12. The Labute approximate surface area is 95.0 Å². The largest absolute Gasteiger partial charge is 0.351 e. The van der Waals surface area contributed by atoms with Gasteiger partial charge >= 0.3 is 0 Å². The molecule has 0 unspecified atom stereocenters. The van der Waals surface area contributed by atoms with Crippen LogP contribution in [0.3, 0.4) is 0 Å². The molecular formula is C11H18N4O. The van der Waals surface area contributed by atoms with Crippen LogP contribution in [0.1, 0.15) is 41.9 Å². The average Bonchev–Trinajstić information content (AvgIpc) is 2.80. The Morgan fingerprint density at radius 2 is 2.56 bits per heavy atom. The molecule has 0 spiro atoms. The van der Waals surface area contributed by atoms with Gasteiger partial charge in [-0.2, -0.15) is 5.10 Å². The van der Waals surface area contributed by atoms with Crippen LogP contribution in [0.2, 0.25) is 0 Å². The summed E-state index contributed by atoms with van der Waals surface area (Å²) >= 11 is 0. The lowest BCUT2D eigenvalue weighted by Crippen LogP contribution is -2.28. The third-order valence-corrected chi connectivity index (χ3v) is 2.90. The number of rotatable bonds is 3. The van der Waals surface area contributed by atoms with E-state index in [1.165, 1.54) is 6.42 Å². The number of nitrogens with zero attached hydrogens (tertiary/aromatic N) is 1. The Hall–Kier alpha value is -1.36. The van der Waals surface area contributed by atoms with E-state index in [-0.39, 0.29) is 5.91 Å². The zero-order chi connectivity index (χ0) is 11.4. The number of H-pyrrole nitrogens is 1. The monoisotopic (exact) mass is 222 g/mol. The highest BCUT2D eigenvalue weighted by molar-refractivity contribution is 5.92. The molecular weight excluding hydrogens is 204 g/mol. The smallest absolute Gasteiger partial charge is 0.271 e. The van der Waals surface area contributed by atoms with E-state index < -0.39 is 0 Å². The second-order valence-corrected chi connectivity index (χ2v) is 4.11. The van der Waals surface area contributed by atoms with Crippen molar-refractivity contribution in [3.63, 3.8) is 0 Å². The summed E-state index contributed by atoms with van der Waals surface area (Å²) in [4.78, 5) is 11.5. The summed E-state index contributed by atoms with van der Waals surface area (Å²) in [5.74, 6) is 0.359. The molecule has 1 saturated heterocycles. The minimum absolute atomic E-state index is 0.103. The van der Waals surface area contributed by atoms with E-state index in [9.17, 15) is 4.79 Å². The summed E-state index contributed by atoms with van der Waals surface area (Å²) in [5, 5.41) is 13.1. The number of aromatic nitrogens is 2. The van der Waals surface area contributed by atoms with Crippen LogP contribution >= 0.6 is 0 Å². The van der Waals surface area contributed by atoms with Gasteiger partial charge in [0.15, 0.2) is 0 Å². The highest BCUT2D eigenvalue weighted by Gasteiger charge is 2.18. The predicted molar refractivity (Wildman–Crippen MR) is 61.4 cm³/mol. The van der Waals surface area contributed by atoms with E-state index in [0.29, 0.717) is 18.2 Å². The quantitative estimate of drug-likeness (QED) is 0.702. The molecule has 1 aromatic rings. The number of amides is 1. The molecule has 3 N–H and O–H groups in total. The van der Waals surface area contributed by atoms with Crippen LogP contribution in [0.25, 0.3) is 0 Å². The zero-order valence-electron chi connectivity index (χ0n) is 9.55. The van der Waals surface area contributed by atoms with Crippen molar-refractivity contribution in [2.75, 3.05) is 19.6 Å². The van der Waals surface area contributed by atoms with Crippen LogP contribution in [-0.2, 0) is 0 Å². The maximum Gasteiger partial charge on any atom is 0.271 e. The van der Waals surface area contributed by atoms with Crippen molar-refractivity contribution in [1.29, 1.82) is 0 Å². The first-order valence-corrected chi connectivity index (χ1v) is 5.85. The van der Waals surface area contributed by atoms with Gasteiger partial charge < -0.3 is 10.6 Å². The number of piperidine rings is 1. The van der Waals surface area contributed by atoms with Crippen LogP contribution in [-0.4, -0.2) is 35.7 Å². The molecule has 0 bridgehead atoms. The molecule has 1 amide bonds. The summed E-state index contributed by atoms with van der Waals surface area (Å²) in [5.41, 5.74) is 1.55. The molecule has 0 aromatic carbocycles. The minimum atomic E-state index is -0.103. The SMILES string of the molecule is CCNC(=O)c1cc([C@@H]2CCCNC2)[nH]n1. The van der Waals surface area contributed by atoms with Crippen LogP contribution < -0.4 is 10.6 Å². The number of carbonyl (C=O) groups excluding carboxylic acids is 1. The van der Waals surface area contributed by atoms with Crippen molar-refractivity contribution in [3.8, 4) is 0 Å². The van der Waals surface area contributed by atoms with Crippen molar-refractivity contribution < 1.29 is 4.79 Å². The van der Waals surface area contributed by atoms with Crippen molar-refractivity contribution in [2.24, 2.45) is 0 Å². The van der Waals surface area contributed by atoms with Gasteiger partial charge in [0.05, 0.1) is 0 Å². The predicted octanol–water partition coefficient (Wildman–Crippen LogP) is 0.626. The van der Waals surface area contributed by atoms with Crippen molar-refractivity contribution in [1.82, 2.24) is 20.8 Å². The highest BCUT2D eigenvalue weighted by atomic mass is 16.1. The first-order valence-electron chi connectivity index (χ1n) is 5.85. The first-order chi connectivity index (χ1) is 7.81. The number of carbonyl (C=O) groups is 1. The Morgan fingerprint density at radius 1 is 1.69 bits per heavy atom. The van der Waals surface area contributed by atoms with E-state index in [0.717, 1.165) is 25.2 Å². The molecule has 1 atom stereocenters. The van der Waals surface area contributed by atoms with Gasteiger partial charge in [0.1, 0.15) is 5.69 Å². The van der Waals surface area contributed by atoms with E-state index in [2.05, 4.69) is 20.8 Å². The van der Waals surface area contributed by atoms with Crippen molar-refractivity contribution in [2.45, 2.75) is 25.7 Å². The van der Waals surface area contributed by atoms with Crippen LogP contribution in [0.5, 0.6) is 0 Å². The van der Waals surface area contributed by atoms with Crippen LogP contribution in [0, 0.1) is 0 Å². The Balaban J connectivity index is 2.03. The molecule has 2 rings (SSSR count). The molecule has 5 heteroatoms. The molecule has 88 valence electrons. The molecule has 2 heterocycles. The second-order valence-electron chi connectivity index (χ2n) is 4.11. The summed E-state index contributed by atoms with van der Waals surface area (Å²) in [7, 11) is 0. The molecule has 1 aliphatic heterocycles. The third-order valence-electron chi connectivity index (χ3n) is 2.90. The van der Waals surface area contributed by atoms with Gasteiger partial charge in [-0.25, -0.2) is 0 Å².